The molecule has 1 aromatic heterocycles. The van der Waals surface area contributed by atoms with Crippen LogP contribution in [0.25, 0.3) is 0 Å². The number of piperazine rings is 1. The Kier molecular flexibility index (Phi) is 3.61. The fourth-order valence-electron chi connectivity index (χ4n) is 3.20. The summed E-state index contributed by atoms with van der Waals surface area (Å²) in [6.07, 6.45) is 2.34. The zero-order chi connectivity index (χ0) is 15.3. The second kappa shape index (κ2) is 5.18. The van der Waals surface area contributed by atoms with Crippen LogP contribution in [0.1, 0.15) is 47.8 Å². The molecule has 0 aromatic carbocycles. The van der Waals surface area contributed by atoms with E-state index in [1.54, 1.807) is 0 Å². The molecule has 2 unspecified atom stereocenters. The van der Waals surface area contributed by atoms with Crippen molar-refractivity contribution in [3.63, 3.8) is 0 Å². The minimum atomic E-state index is -0.402. The summed E-state index contributed by atoms with van der Waals surface area (Å²) in [6, 6.07) is 0.974. The van der Waals surface area contributed by atoms with Crippen molar-refractivity contribution in [3.8, 4) is 0 Å². The summed E-state index contributed by atoms with van der Waals surface area (Å²) in [5.74, 6) is 0.121. The molecule has 0 bridgehead atoms. The van der Waals surface area contributed by atoms with Gasteiger partial charge in [0.05, 0.1) is 10.7 Å². The highest BCUT2D eigenvalue weighted by Crippen LogP contribution is 2.52. The van der Waals surface area contributed by atoms with E-state index in [9.17, 15) is 4.79 Å². The Hall–Kier alpha value is -1.27. The van der Waals surface area contributed by atoms with Gasteiger partial charge in [-0.25, -0.2) is 0 Å². The molecule has 2 aliphatic rings. The summed E-state index contributed by atoms with van der Waals surface area (Å²) in [6.45, 7) is 6.42. The summed E-state index contributed by atoms with van der Waals surface area (Å²) >= 11 is 1.48. The molecule has 1 amide bonds. The van der Waals surface area contributed by atoms with Gasteiger partial charge in [-0.3, -0.25) is 9.69 Å². The molecule has 1 aliphatic heterocycles. The van der Waals surface area contributed by atoms with Crippen molar-refractivity contribution in [1.82, 2.24) is 4.90 Å². The van der Waals surface area contributed by atoms with Crippen LogP contribution in [0.2, 0.25) is 0 Å². The van der Waals surface area contributed by atoms with Crippen molar-refractivity contribution in [3.05, 3.63) is 10.4 Å². The summed E-state index contributed by atoms with van der Waals surface area (Å²) in [5, 5.41) is 1.18. The molecule has 116 valence electrons. The van der Waals surface area contributed by atoms with E-state index in [0.717, 1.165) is 13.1 Å². The Morgan fingerprint density at radius 3 is 2.29 bits per heavy atom. The highest BCUT2D eigenvalue weighted by Gasteiger charge is 2.36. The number of nitrogens with two attached hydrogens (primary N) is 2. The molecule has 0 spiro atoms. The number of nitrogen functional groups attached to an aromatic ring is 1. The van der Waals surface area contributed by atoms with E-state index in [1.807, 2.05) is 0 Å². The van der Waals surface area contributed by atoms with Crippen molar-refractivity contribution in [2.24, 2.45) is 5.73 Å². The number of carbonyl (C=O) groups is 1. The number of amides is 1. The predicted molar refractivity (Wildman–Crippen MR) is 88.1 cm³/mol. The lowest BCUT2D eigenvalue weighted by molar-refractivity contribution is 0.100. The Morgan fingerprint density at radius 1 is 1.24 bits per heavy atom. The fourth-order valence-corrected chi connectivity index (χ4v) is 4.38. The Morgan fingerprint density at radius 2 is 1.81 bits per heavy atom. The topological polar surface area (TPSA) is 75.6 Å². The first-order valence-corrected chi connectivity index (χ1v) is 8.40. The zero-order valence-electron chi connectivity index (χ0n) is 12.9. The smallest absolute Gasteiger partial charge is 0.260 e. The van der Waals surface area contributed by atoms with E-state index < -0.39 is 5.91 Å². The molecule has 6 heteroatoms. The minimum absolute atomic E-state index is 0.402. The largest absolute Gasteiger partial charge is 0.397 e. The molecule has 1 saturated carbocycles. The van der Waals surface area contributed by atoms with Gasteiger partial charge in [-0.1, -0.05) is 0 Å². The molecule has 2 fully saturated rings. The lowest BCUT2D eigenvalue weighted by Gasteiger charge is -2.43. The molecule has 2 atom stereocenters. The summed E-state index contributed by atoms with van der Waals surface area (Å²) in [5.41, 5.74) is 13.5. The number of carbonyl (C=O) groups excluding carboxylic acids is 1. The lowest BCUT2D eigenvalue weighted by atomic mass is 10.1. The third-order valence-electron chi connectivity index (χ3n) is 4.82. The summed E-state index contributed by atoms with van der Waals surface area (Å²) in [7, 11) is 2.17. The molecule has 1 saturated heterocycles. The van der Waals surface area contributed by atoms with E-state index in [4.69, 9.17) is 11.5 Å². The average molecular weight is 308 g/mol. The first-order chi connectivity index (χ1) is 9.90. The van der Waals surface area contributed by atoms with Gasteiger partial charge in [0.2, 0.25) is 0 Å². The fraction of sp³-hybridized carbons (Fsp3) is 0.667. The van der Waals surface area contributed by atoms with Gasteiger partial charge in [-0.2, -0.15) is 0 Å². The molecular formula is C15H24N4OS. The first kappa shape index (κ1) is 14.7. The van der Waals surface area contributed by atoms with Crippen LogP contribution in [0.3, 0.4) is 0 Å². The lowest BCUT2D eigenvalue weighted by Crippen LogP contribution is -2.55. The maximum atomic E-state index is 11.6. The Bertz CT molecular complexity index is 554. The first-order valence-electron chi connectivity index (χ1n) is 7.59. The van der Waals surface area contributed by atoms with Gasteiger partial charge in [0.1, 0.15) is 4.88 Å². The third-order valence-corrected chi connectivity index (χ3v) is 6.12. The second-order valence-corrected chi connectivity index (χ2v) is 7.47. The number of hydrogen-bond acceptors (Lipinski definition) is 5. The number of anilines is 2. The van der Waals surface area contributed by atoms with Gasteiger partial charge >= 0.3 is 0 Å². The number of likely N-dealkylation sites (N-methyl/N-ethyl adjacent to an activating group) is 1. The molecule has 1 aromatic rings. The van der Waals surface area contributed by atoms with E-state index in [0.29, 0.717) is 28.6 Å². The Balaban J connectivity index is 1.98. The summed E-state index contributed by atoms with van der Waals surface area (Å²) < 4.78 is 0. The van der Waals surface area contributed by atoms with Crippen LogP contribution in [0.5, 0.6) is 0 Å². The normalized spacial score (nSPS) is 27.1. The van der Waals surface area contributed by atoms with Gasteiger partial charge in [0.15, 0.2) is 0 Å². The molecule has 1 aliphatic carbocycles. The van der Waals surface area contributed by atoms with Crippen LogP contribution in [0, 0.1) is 0 Å². The van der Waals surface area contributed by atoms with Gasteiger partial charge in [-0.05, 0) is 39.7 Å². The van der Waals surface area contributed by atoms with Crippen LogP contribution in [0.4, 0.5) is 10.7 Å². The molecule has 2 heterocycles. The summed E-state index contributed by atoms with van der Waals surface area (Å²) in [4.78, 5) is 17.0. The van der Waals surface area contributed by atoms with Crippen molar-refractivity contribution in [2.45, 2.75) is 44.7 Å². The minimum Gasteiger partial charge on any atom is -0.397 e. The molecule has 21 heavy (non-hydrogen) atoms. The SMILES string of the molecule is CC1CN(c2sc(C(N)=O)c(N)c2C2CC2)CC(C)N1C. The zero-order valence-corrected chi connectivity index (χ0v) is 13.7. The highest BCUT2D eigenvalue weighted by atomic mass is 32.1. The van der Waals surface area contributed by atoms with E-state index in [-0.39, 0.29) is 0 Å². The number of hydrogen-bond donors (Lipinski definition) is 2. The van der Waals surface area contributed by atoms with Crippen molar-refractivity contribution in [1.29, 1.82) is 0 Å². The van der Waals surface area contributed by atoms with Crippen LogP contribution >= 0.6 is 11.3 Å². The standard InChI is InChI=1S/C15H24N4OS/c1-8-6-19(7-9(2)18(8)3)15-11(10-4-5-10)12(16)13(21-15)14(17)20/h8-10H,4-7,16H2,1-3H3,(H2,17,20). The Labute approximate surface area is 129 Å². The van der Waals surface area contributed by atoms with Gasteiger partial charge in [-0.15, -0.1) is 11.3 Å². The maximum Gasteiger partial charge on any atom is 0.260 e. The number of thiophene rings is 1. The maximum absolute atomic E-state index is 11.6. The van der Waals surface area contributed by atoms with Gasteiger partial charge in [0, 0.05) is 30.7 Å². The van der Waals surface area contributed by atoms with Crippen molar-refractivity contribution < 1.29 is 4.79 Å². The predicted octanol–water partition coefficient (Wildman–Crippen LogP) is 1.84. The van der Waals surface area contributed by atoms with Crippen LogP contribution < -0.4 is 16.4 Å². The number of nitrogens with zero attached hydrogens (tertiary/aromatic N) is 2. The van der Waals surface area contributed by atoms with E-state index >= 15 is 0 Å². The molecule has 5 nitrogen and oxygen atoms in total. The molecule has 3 rings (SSSR count). The van der Waals surface area contributed by atoms with Gasteiger partial charge < -0.3 is 16.4 Å². The molecular weight excluding hydrogens is 284 g/mol. The number of rotatable bonds is 3. The van der Waals surface area contributed by atoms with Crippen molar-refractivity contribution >= 4 is 27.9 Å². The van der Waals surface area contributed by atoms with E-state index in [1.165, 1.54) is 34.7 Å². The monoisotopic (exact) mass is 308 g/mol. The van der Waals surface area contributed by atoms with Crippen LogP contribution in [-0.2, 0) is 0 Å². The van der Waals surface area contributed by atoms with Crippen LogP contribution in [0.15, 0.2) is 0 Å². The average Bonchev–Trinajstić information content (AvgIpc) is 3.18. The second-order valence-electron chi connectivity index (χ2n) is 6.47. The van der Waals surface area contributed by atoms with Gasteiger partial charge in [0.25, 0.3) is 5.91 Å². The van der Waals surface area contributed by atoms with Crippen LogP contribution in [-0.4, -0.2) is 43.0 Å². The number of primary amides is 1. The quantitative estimate of drug-likeness (QED) is 0.893. The van der Waals surface area contributed by atoms with E-state index in [2.05, 4.69) is 30.7 Å². The highest BCUT2D eigenvalue weighted by molar-refractivity contribution is 7.18. The third kappa shape index (κ3) is 2.51. The molecule has 0 radical (unpaired) electrons. The molecule has 4 N–H and O–H groups in total. The van der Waals surface area contributed by atoms with Crippen molar-refractivity contribution in [2.75, 3.05) is 30.8 Å².